The Morgan fingerprint density at radius 3 is 2.70 bits per heavy atom. The fourth-order valence-corrected chi connectivity index (χ4v) is 3.38. The fourth-order valence-electron chi connectivity index (χ4n) is 3.38. The summed E-state index contributed by atoms with van der Waals surface area (Å²) in [7, 11) is 4.17. The topological polar surface area (TPSA) is 43.1 Å². The van der Waals surface area contributed by atoms with Crippen molar-refractivity contribution in [3.63, 3.8) is 0 Å². The minimum absolute atomic E-state index is 0.127. The van der Waals surface area contributed by atoms with Gasteiger partial charge < -0.3 is 14.0 Å². The first-order valence-corrected chi connectivity index (χ1v) is 8.41. The molecule has 1 aliphatic rings. The van der Waals surface area contributed by atoms with Gasteiger partial charge in [0.2, 0.25) is 5.78 Å². The molecule has 0 unspecified atom stereocenters. The number of piperidine rings is 1. The molecule has 3 rings (SSSR count). The van der Waals surface area contributed by atoms with Gasteiger partial charge in [-0.05, 0) is 52.0 Å². The highest BCUT2D eigenvalue weighted by molar-refractivity contribution is 5.95. The zero-order chi connectivity index (χ0) is 16.4. The number of aryl methyl sites for hydroxylation is 3. The van der Waals surface area contributed by atoms with Crippen LogP contribution in [0.1, 0.15) is 34.8 Å². The van der Waals surface area contributed by atoms with Gasteiger partial charge in [0, 0.05) is 49.7 Å². The van der Waals surface area contributed by atoms with Crippen molar-refractivity contribution in [1.82, 2.24) is 19.0 Å². The average Bonchev–Trinajstić information content (AvgIpc) is 3.11. The molecule has 5 nitrogen and oxygen atoms in total. The number of imidazole rings is 1. The predicted octanol–water partition coefficient (Wildman–Crippen LogP) is 2.30. The van der Waals surface area contributed by atoms with E-state index in [1.54, 1.807) is 0 Å². The molecular formula is C18H26N4O. The van der Waals surface area contributed by atoms with Crippen LogP contribution in [0.3, 0.4) is 0 Å². The van der Waals surface area contributed by atoms with E-state index in [-0.39, 0.29) is 11.7 Å². The first kappa shape index (κ1) is 16.0. The molecule has 0 spiro atoms. The first-order chi connectivity index (χ1) is 11.1. The van der Waals surface area contributed by atoms with Crippen LogP contribution in [-0.4, -0.2) is 44.9 Å². The van der Waals surface area contributed by atoms with Crippen LogP contribution in [0.25, 0.3) is 0 Å². The van der Waals surface area contributed by atoms with Gasteiger partial charge in [0.25, 0.3) is 0 Å². The predicted molar refractivity (Wildman–Crippen MR) is 90.6 cm³/mol. The van der Waals surface area contributed by atoms with E-state index < -0.39 is 0 Å². The maximum atomic E-state index is 12.9. The molecule has 2 aromatic heterocycles. The minimum Gasteiger partial charge on any atom is -0.354 e. The molecule has 0 saturated carbocycles. The number of ketones is 1. The highest BCUT2D eigenvalue weighted by atomic mass is 16.1. The van der Waals surface area contributed by atoms with Crippen molar-refractivity contribution in [2.24, 2.45) is 13.0 Å². The zero-order valence-electron chi connectivity index (χ0n) is 14.3. The molecule has 1 saturated heterocycles. The van der Waals surface area contributed by atoms with Crippen LogP contribution in [0.15, 0.2) is 24.5 Å². The summed E-state index contributed by atoms with van der Waals surface area (Å²) in [6.07, 6.45) is 6.68. The number of Topliss-reactive ketones (excluding diaryl/α,β-unsaturated/α-hetero) is 1. The van der Waals surface area contributed by atoms with Gasteiger partial charge in [0.05, 0.1) is 0 Å². The van der Waals surface area contributed by atoms with Gasteiger partial charge in [0.15, 0.2) is 5.82 Å². The van der Waals surface area contributed by atoms with Crippen LogP contribution in [0, 0.1) is 12.8 Å². The summed E-state index contributed by atoms with van der Waals surface area (Å²) in [5, 5.41) is 0. The van der Waals surface area contributed by atoms with E-state index in [0.717, 1.165) is 44.6 Å². The molecule has 0 aliphatic carbocycles. The largest absolute Gasteiger partial charge is 0.354 e. The lowest BCUT2D eigenvalue weighted by Crippen LogP contribution is -2.34. The molecule has 0 N–H and O–H groups in total. The van der Waals surface area contributed by atoms with Crippen molar-refractivity contribution < 1.29 is 4.79 Å². The molecule has 2 aromatic rings. The average molecular weight is 314 g/mol. The summed E-state index contributed by atoms with van der Waals surface area (Å²) in [5.41, 5.74) is 2.34. The van der Waals surface area contributed by atoms with Gasteiger partial charge in [-0.3, -0.25) is 4.79 Å². The van der Waals surface area contributed by atoms with Crippen LogP contribution < -0.4 is 0 Å². The van der Waals surface area contributed by atoms with E-state index in [4.69, 9.17) is 0 Å². The van der Waals surface area contributed by atoms with Crippen LogP contribution >= 0.6 is 0 Å². The monoisotopic (exact) mass is 314 g/mol. The summed E-state index contributed by atoms with van der Waals surface area (Å²) in [5.74, 6) is 0.992. The standard InChI is InChI=1S/C18H26N4O/c1-14-13-19-18(17(23)15-6-10-20(2)11-7-15)22(14)12-8-16-5-4-9-21(16)3/h4-5,9,13,15H,6-8,10-12H2,1-3H3. The highest BCUT2D eigenvalue weighted by Crippen LogP contribution is 2.21. The van der Waals surface area contributed by atoms with E-state index in [9.17, 15) is 4.79 Å². The zero-order valence-corrected chi connectivity index (χ0v) is 14.3. The molecule has 1 fully saturated rings. The number of carbonyl (C=O) groups is 1. The van der Waals surface area contributed by atoms with E-state index in [0.29, 0.717) is 5.82 Å². The Morgan fingerprint density at radius 1 is 1.30 bits per heavy atom. The lowest BCUT2D eigenvalue weighted by atomic mass is 9.92. The number of hydrogen-bond donors (Lipinski definition) is 0. The van der Waals surface area contributed by atoms with Crippen molar-refractivity contribution in [2.45, 2.75) is 32.7 Å². The second-order valence-corrected chi connectivity index (χ2v) is 6.68. The lowest BCUT2D eigenvalue weighted by molar-refractivity contribution is 0.0841. The summed E-state index contributed by atoms with van der Waals surface area (Å²) in [4.78, 5) is 19.6. The van der Waals surface area contributed by atoms with Gasteiger partial charge in [-0.2, -0.15) is 0 Å². The summed E-state index contributed by atoms with van der Waals surface area (Å²) < 4.78 is 4.22. The Labute approximate surface area is 137 Å². The quantitative estimate of drug-likeness (QED) is 0.795. The molecule has 5 heteroatoms. The van der Waals surface area contributed by atoms with Crippen molar-refractivity contribution in [1.29, 1.82) is 0 Å². The SMILES string of the molecule is Cc1cnc(C(=O)C2CCN(C)CC2)n1CCc1cccn1C. The fraction of sp³-hybridized carbons (Fsp3) is 0.556. The Hall–Kier alpha value is -1.88. The molecule has 0 aromatic carbocycles. The van der Waals surface area contributed by atoms with Crippen molar-refractivity contribution in [3.8, 4) is 0 Å². The number of rotatable bonds is 5. The molecule has 0 atom stereocenters. The van der Waals surface area contributed by atoms with Crippen molar-refractivity contribution in [3.05, 3.63) is 41.7 Å². The molecular weight excluding hydrogens is 288 g/mol. The molecule has 124 valence electrons. The molecule has 0 radical (unpaired) electrons. The van der Waals surface area contributed by atoms with Gasteiger partial charge >= 0.3 is 0 Å². The molecule has 1 aliphatic heterocycles. The minimum atomic E-state index is 0.127. The second kappa shape index (κ2) is 6.71. The second-order valence-electron chi connectivity index (χ2n) is 6.68. The van der Waals surface area contributed by atoms with E-state index in [1.165, 1.54) is 5.69 Å². The molecule has 3 heterocycles. The number of likely N-dealkylation sites (tertiary alicyclic amines) is 1. The third-order valence-corrected chi connectivity index (χ3v) is 5.01. The summed E-state index contributed by atoms with van der Waals surface area (Å²) in [6, 6.07) is 4.19. The van der Waals surface area contributed by atoms with Gasteiger partial charge in [-0.15, -0.1) is 0 Å². The Morgan fingerprint density at radius 2 is 2.04 bits per heavy atom. The molecule has 0 amide bonds. The third-order valence-electron chi connectivity index (χ3n) is 5.01. The number of hydrogen-bond acceptors (Lipinski definition) is 3. The van der Waals surface area contributed by atoms with Crippen LogP contribution in [-0.2, 0) is 20.0 Å². The number of aromatic nitrogens is 3. The van der Waals surface area contributed by atoms with Crippen LogP contribution in [0.5, 0.6) is 0 Å². The van der Waals surface area contributed by atoms with E-state index in [1.807, 2.05) is 13.1 Å². The third kappa shape index (κ3) is 3.39. The Bertz CT molecular complexity index is 677. The maximum absolute atomic E-state index is 12.9. The smallest absolute Gasteiger partial charge is 0.201 e. The van der Waals surface area contributed by atoms with E-state index >= 15 is 0 Å². The lowest BCUT2D eigenvalue weighted by Gasteiger charge is -2.27. The number of nitrogens with zero attached hydrogens (tertiary/aromatic N) is 4. The van der Waals surface area contributed by atoms with Crippen molar-refractivity contribution >= 4 is 5.78 Å². The van der Waals surface area contributed by atoms with Gasteiger partial charge in [0.1, 0.15) is 0 Å². The highest BCUT2D eigenvalue weighted by Gasteiger charge is 2.27. The Balaban J connectivity index is 1.73. The first-order valence-electron chi connectivity index (χ1n) is 8.41. The maximum Gasteiger partial charge on any atom is 0.201 e. The Kier molecular flexibility index (Phi) is 4.66. The van der Waals surface area contributed by atoms with Crippen LogP contribution in [0.2, 0.25) is 0 Å². The number of carbonyl (C=O) groups excluding carboxylic acids is 1. The van der Waals surface area contributed by atoms with E-state index in [2.05, 4.69) is 51.4 Å². The van der Waals surface area contributed by atoms with Crippen molar-refractivity contribution in [2.75, 3.05) is 20.1 Å². The van der Waals surface area contributed by atoms with Gasteiger partial charge in [-0.1, -0.05) is 0 Å². The van der Waals surface area contributed by atoms with Gasteiger partial charge in [-0.25, -0.2) is 4.98 Å². The normalized spacial score (nSPS) is 16.8. The summed E-state index contributed by atoms with van der Waals surface area (Å²) in [6.45, 7) is 4.83. The summed E-state index contributed by atoms with van der Waals surface area (Å²) >= 11 is 0. The molecule has 23 heavy (non-hydrogen) atoms. The molecule has 0 bridgehead atoms. The van der Waals surface area contributed by atoms with Crippen LogP contribution in [0.4, 0.5) is 0 Å².